The lowest BCUT2D eigenvalue weighted by molar-refractivity contribution is 0.398. The molecular weight excluding hydrogens is 280 g/mol. The van der Waals surface area contributed by atoms with Crippen molar-refractivity contribution in [3.63, 3.8) is 0 Å². The van der Waals surface area contributed by atoms with Crippen molar-refractivity contribution >= 4 is 10.0 Å². The highest BCUT2D eigenvalue weighted by molar-refractivity contribution is 7.89. The van der Waals surface area contributed by atoms with E-state index in [0.717, 1.165) is 5.56 Å². The molecule has 2 rings (SSSR count). The van der Waals surface area contributed by atoms with Crippen molar-refractivity contribution in [2.45, 2.75) is 24.3 Å². The van der Waals surface area contributed by atoms with Gasteiger partial charge < -0.3 is 4.74 Å². The Morgan fingerprint density at radius 3 is 2.90 bits per heavy atom. The summed E-state index contributed by atoms with van der Waals surface area (Å²) < 4.78 is 31.7. The van der Waals surface area contributed by atoms with Crippen LogP contribution in [0.25, 0.3) is 10.4 Å². The van der Waals surface area contributed by atoms with E-state index in [1.54, 1.807) is 18.2 Å². The summed E-state index contributed by atoms with van der Waals surface area (Å²) in [5.74, 6) is 0.322. The molecule has 20 heavy (non-hydrogen) atoms. The fourth-order valence-electron chi connectivity index (χ4n) is 2.22. The monoisotopic (exact) mass is 296 g/mol. The third kappa shape index (κ3) is 2.72. The van der Waals surface area contributed by atoms with Gasteiger partial charge in [-0.25, -0.2) is 8.42 Å². The Balaban J connectivity index is 2.36. The number of ether oxygens (including phenoxy) is 1. The maximum Gasteiger partial charge on any atom is 0.246 e. The number of azide groups is 1. The standard InChI is InChI=1S/C12H16N4O3S/c1-9-3-4-11(19-2)12(7-9)20(17,18)16-6-5-10(8-16)14-15-13/h3-4,7,10H,5-6,8H2,1-2H3. The maximum atomic E-state index is 12.6. The van der Waals surface area contributed by atoms with Crippen LogP contribution in [0.3, 0.4) is 0 Å². The Morgan fingerprint density at radius 2 is 2.25 bits per heavy atom. The van der Waals surface area contributed by atoms with Crippen LogP contribution >= 0.6 is 0 Å². The molecule has 108 valence electrons. The second kappa shape index (κ2) is 5.70. The highest BCUT2D eigenvalue weighted by Gasteiger charge is 2.33. The summed E-state index contributed by atoms with van der Waals surface area (Å²) in [7, 11) is -2.19. The number of hydrogen-bond acceptors (Lipinski definition) is 4. The molecular formula is C12H16N4O3S. The quantitative estimate of drug-likeness (QED) is 0.483. The number of nitrogens with zero attached hydrogens (tertiary/aromatic N) is 4. The molecule has 1 aromatic carbocycles. The molecule has 1 fully saturated rings. The van der Waals surface area contributed by atoms with Crippen LogP contribution < -0.4 is 4.74 Å². The molecule has 8 heteroatoms. The minimum absolute atomic E-state index is 0.154. The molecule has 1 saturated heterocycles. The Kier molecular flexibility index (Phi) is 4.17. The van der Waals surface area contributed by atoms with Crippen molar-refractivity contribution in [1.82, 2.24) is 4.31 Å². The number of aryl methyl sites for hydroxylation is 1. The van der Waals surface area contributed by atoms with Crippen LogP contribution in [0.15, 0.2) is 28.2 Å². The van der Waals surface area contributed by atoms with E-state index in [1.807, 2.05) is 6.92 Å². The predicted octanol–water partition coefficient (Wildman–Crippen LogP) is 2.08. The van der Waals surface area contributed by atoms with Gasteiger partial charge in [-0.15, -0.1) is 0 Å². The van der Waals surface area contributed by atoms with E-state index in [0.29, 0.717) is 18.7 Å². The number of sulfonamides is 1. The van der Waals surface area contributed by atoms with Crippen molar-refractivity contribution in [1.29, 1.82) is 0 Å². The Labute approximate surface area is 117 Å². The zero-order valence-corrected chi connectivity index (χ0v) is 12.2. The van der Waals surface area contributed by atoms with Gasteiger partial charge in [-0.2, -0.15) is 4.31 Å². The van der Waals surface area contributed by atoms with Crippen molar-refractivity contribution < 1.29 is 13.2 Å². The van der Waals surface area contributed by atoms with Crippen molar-refractivity contribution in [2.24, 2.45) is 5.11 Å². The van der Waals surface area contributed by atoms with Gasteiger partial charge >= 0.3 is 0 Å². The van der Waals surface area contributed by atoms with Gasteiger partial charge in [-0.1, -0.05) is 11.2 Å². The molecule has 1 aliphatic heterocycles. The normalized spacial score (nSPS) is 19.6. The van der Waals surface area contributed by atoms with E-state index in [-0.39, 0.29) is 17.5 Å². The van der Waals surface area contributed by atoms with E-state index >= 15 is 0 Å². The van der Waals surface area contributed by atoms with Gasteiger partial charge in [0.05, 0.1) is 13.2 Å². The first-order valence-corrected chi connectivity index (χ1v) is 7.62. The van der Waals surface area contributed by atoms with E-state index in [4.69, 9.17) is 10.3 Å². The molecule has 1 heterocycles. The number of rotatable bonds is 4. The second-order valence-corrected chi connectivity index (χ2v) is 6.57. The molecule has 0 aromatic heterocycles. The summed E-state index contributed by atoms with van der Waals surface area (Å²) in [4.78, 5) is 2.89. The molecule has 0 aliphatic carbocycles. The summed E-state index contributed by atoms with van der Waals surface area (Å²) >= 11 is 0. The fraction of sp³-hybridized carbons (Fsp3) is 0.500. The zero-order chi connectivity index (χ0) is 14.8. The fourth-order valence-corrected chi connectivity index (χ4v) is 3.95. The second-order valence-electron chi connectivity index (χ2n) is 4.66. The van der Waals surface area contributed by atoms with E-state index in [2.05, 4.69) is 10.0 Å². The minimum Gasteiger partial charge on any atom is -0.495 e. The molecule has 0 radical (unpaired) electrons. The zero-order valence-electron chi connectivity index (χ0n) is 11.4. The molecule has 1 unspecified atom stereocenters. The van der Waals surface area contributed by atoms with E-state index in [9.17, 15) is 8.42 Å². The molecule has 0 bridgehead atoms. The van der Waals surface area contributed by atoms with Crippen LogP contribution in [-0.2, 0) is 10.0 Å². The lowest BCUT2D eigenvalue weighted by Crippen LogP contribution is -2.29. The van der Waals surface area contributed by atoms with Crippen LogP contribution in [0.5, 0.6) is 5.75 Å². The first kappa shape index (κ1) is 14.6. The minimum atomic E-state index is -3.63. The molecule has 1 aliphatic rings. The average Bonchev–Trinajstić information content (AvgIpc) is 2.88. The molecule has 0 spiro atoms. The Hall–Kier alpha value is -1.76. The van der Waals surface area contributed by atoms with Crippen LogP contribution in [0.4, 0.5) is 0 Å². The lowest BCUT2D eigenvalue weighted by Gasteiger charge is -2.18. The SMILES string of the molecule is COc1ccc(C)cc1S(=O)(=O)N1CCC(N=[N+]=[N-])C1. The first-order chi connectivity index (χ1) is 9.48. The number of benzene rings is 1. The van der Waals surface area contributed by atoms with E-state index < -0.39 is 10.0 Å². The Bertz CT molecular complexity index is 653. The summed E-state index contributed by atoms with van der Waals surface area (Å²) in [5.41, 5.74) is 9.26. The molecule has 0 saturated carbocycles. The summed E-state index contributed by atoms with van der Waals surface area (Å²) in [6, 6.07) is 4.73. The van der Waals surface area contributed by atoms with Crippen LogP contribution in [0, 0.1) is 6.92 Å². The largest absolute Gasteiger partial charge is 0.495 e. The maximum absolute atomic E-state index is 12.6. The van der Waals surface area contributed by atoms with Gasteiger partial charge in [0.1, 0.15) is 10.6 Å². The third-order valence-electron chi connectivity index (χ3n) is 3.28. The highest BCUT2D eigenvalue weighted by Crippen LogP contribution is 2.30. The molecule has 0 N–H and O–H groups in total. The molecule has 7 nitrogen and oxygen atoms in total. The molecule has 1 aromatic rings. The average molecular weight is 296 g/mol. The van der Waals surface area contributed by atoms with E-state index in [1.165, 1.54) is 11.4 Å². The highest BCUT2D eigenvalue weighted by atomic mass is 32.2. The molecule has 1 atom stereocenters. The summed E-state index contributed by atoms with van der Waals surface area (Å²) in [6.07, 6.45) is 0.539. The van der Waals surface area contributed by atoms with Crippen molar-refractivity contribution in [2.75, 3.05) is 20.2 Å². The number of methoxy groups -OCH3 is 1. The summed E-state index contributed by atoms with van der Waals surface area (Å²) in [6.45, 7) is 2.39. The van der Waals surface area contributed by atoms with Crippen molar-refractivity contribution in [3.8, 4) is 5.75 Å². The number of hydrogen-bond donors (Lipinski definition) is 0. The van der Waals surface area contributed by atoms with Gasteiger partial charge in [0, 0.05) is 18.0 Å². The van der Waals surface area contributed by atoms with Gasteiger partial charge in [0.2, 0.25) is 10.0 Å². The third-order valence-corrected chi connectivity index (χ3v) is 5.16. The lowest BCUT2D eigenvalue weighted by atomic mass is 10.2. The van der Waals surface area contributed by atoms with Crippen molar-refractivity contribution in [3.05, 3.63) is 34.2 Å². The Morgan fingerprint density at radius 1 is 1.50 bits per heavy atom. The molecule has 0 amide bonds. The van der Waals surface area contributed by atoms with Crippen LogP contribution in [0.2, 0.25) is 0 Å². The first-order valence-electron chi connectivity index (χ1n) is 6.18. The summed E-state index contributed by atoms with van der Waals surface area (Å²) in [5, 5.41) is 3.58. The van der Waals surface area contributed by atoms with Crippen LogP contribution in [0.1, 0.15) is 12.0 Å². The smallest absolute Gasteiger partial charge is 0.246 e. The van der Waals surface area contributed by atoms with Gasteiger partial charge in [-0.05, 0) is 36.6 Å². The topological polar surface area (TPSA) is 95.4 Å². The van der Waals surface area contributed by atoms with Gasteiger partial charge in [0.25, 0.3) is 0 Å². The van der Waals surface area contributed by atoms with Crippen LogP contribution in [-0.4, -0.2) is 39.0 Å². The van der Waals surface area contributed by atoms with Gasteiger partial charge in [-0.3, -0.25) is 0 Å². The van der Waals surface area contributed by atoms with Gasteiger partial charge in [0.15, 0.2) is 0 Å². The predicted molar refractivity (Wildman–Crippen MR) is 74.0 cm³/mol.